The van der Waals surface area contributed by atoms with E-state index in [1.807, 2.05) is 35.9 Å². The Kier molecular flexibility index (Phi) is 4.83. The third-order valence-electron chi connectivity index (χ3n) is 6.25. The molecule has 0 unspecified atom stereocenters. The smallest absolute Gasteiger partial charge is 0.325 e. The van der Waals surface area contributed by atoms with Crippen molar-refractivity contribution in [3.8, 4) is 0 Å². The number of carbonyl (C=O) groups is 3. The molecule has 8 heteroatoms. The Morgan fingerprint density at radius 2 is 2.00 bits per heavy atom. The molecule has 2 aliphatic rings. The largest absolute Gasteiger partial charge is 0.347 e. The molecule has 1 aliphatic heterocycles. The van der Waals surface area contributed by atoms with Crippen LogP contribution in [-0.2, 0) is 23.2 Å². The molecule has 2 N–H and O–H groups in total. The molecule has 160 valence electrons. The van der Waals surface area contributed by atoms with E-state index in [4.69, 9.17) is 0 Å². The molecular weight excluding hydrogens is 382 g/mol. The van der Waals surface area contributed by atoms with Gasteiger partial charge >= 0.3 is 6.03 Å². The number of aromatic nitrogens is 2. The maximum Gasteiger partial charge on any atom is 0.325 e. The van der Waals surface area contributed by atoms with Crippen LogP contribution in [0.3, 0.4) is 0 Å². The topological polar surface area (TPSA) is 96.3 Å². The van der Waals surface area contributed by atoms with Gasteiger partial charge in [0.15, 0.2) is 0 Å². The first-order valence-electron chi connectivity index (χ1n) is 10.4. The third kappa shape index (κ3) is 3.55. The number of urea groups is 1. The average Bonchev–Trinajstić information content (AvgIpc) is 3.08. The van der Waals surface area contributed by atoms with E-state index < -0.39 is 11.6 Å². The van der Waals surface area contributed by atoms with E-state index in [1.54, 1.807) is 0 Å². The third-order valence-corrected chi connectivity index (χ3v) is 6.25. The van der Waals surface area contributed by atoms with Crippen LogP contribution in [0.15, 0.2) is 24.3 Å². The molecule has 0 bridgehead atoms. The van der Waals surface area contributed by atoms with Gasteiger partial charge in [-0.1, -0.05) is 32.9 Å². The van der Waals surface area contributed by atoms with Crippen molar-refractivity contribution >= 4 is 28.9 Å². The van der Waals surface area contributed by atoms with Crippen LogP contribution < -0.4 is 10.6 Å². The lowest BCUT2D eigenvalue weighted by molar-refractivity contribution is -0.137. The quantitative estimate of drug-likeness (QED) is 0.755. The summed E-state index contributed by atoms with van der Waals surface area (Å²) in [6.07, 6.45) is 2.21. The highest BCUT2D eigenvalue weighted by atomic mass is 16.2. The molecule has 1 aliphatic carbocycles. The summed E-state index contributed by atoms with van der Waals surface area (Å²) in [5.41, 5.74) is 0.899. The zero-order chi connectivity index (χ0) is 21.7. The van der Waals surface area contributed by atoms with Crippen LogP contribution in [0.5, 0.6) is 0 Å². The molecule has 0 radical (unpaired) electrons. The van der Waals surface area contributed by atoms with Gasteiger partial charge in [-0.3, -0.25) is 14.5 Å². The van der Waals surface area contributed by atoms with Crippen LogP contribution in [0, 0.1) is 11.3 Å². The molecule has 2 fully saturated rings. The van der Waals surface area contributed by atoms with Crippen LogP contribution in [0.2, 0.25) is 0 Å². The lowest BCUT2D eigenvalue weighted by atomic mass is 9.64. The van der Waals surface area contributed by atoms with Crippen molar-refractivity contribution < 1.29 is 14.4 Å². The monoisotopic (exact) mass is 411 g/mol. The van der Waals surface area contributed by atoms with Gasteiger partial charge in [0.25, 0.3) is 5.91 Å². The first kappa shape index (κ1) is 20.4. The molecule has 30 heavy (non-hydrogen) atoms. The van der Waals surface area contributed by atoms with Crippen LogP contribution in [0.4, 0.5) is 4.79 Å². The Hall–Kier alpha value is -2.90. The van der Waals surface area contributed by atoms with Crippen LogP contribution in [-0.4, -0.2) is 44.4 Å². The number of nitrogens with zero attached hydrogens (tertiary/aromatic N) is 3. The van der Waals surface area contributed by atoms with E-state index in [2.05, 4.69) is 36.4 Å². The fourth-order valence-corrected chi connectivity index (χ4v) is 5.38. The number of benzene rings is 1. The second-order valence-electron chi connectivity index (χ2n) is 9.61. The van der Waals surface area contributed by atoms with Crippen LogP contribution in [0.25, 0.3) is 11.0 Å². The van der Waals surface area contributed by atoms with Crippen molar-refractivity contribution in [2.24, 2.45) is 18.4 Å². The van der Waals surface area contributed by atoms with E-state index in [0.29, 0.717) is 24.6 Å². The molecule has 1 saturated carbocycles. The second kappa shape index (κ2) is 7.11. The van der Waals surface area contributed by atoms with Gasteiger partial charge in [0.2, 0.25) is 5.91 Å². The summed E-state index contributed by atoms with van der Waals surface area (Å²) < 4.78 is 1.92. The predicted molar refractivity (Wildman–Crippen MR) is 112 cm³/mol. The van der Waals surface area contributed by atoms with Crippen molar-refractivity contribution in [2.45, 2.75) is 52.1 Å². The van der Waals surface area contributed by atoms with Crippen molar-refractivity contribution in [1.29, 1.82) is 0 Å². The molecule has 1 spiro atoms. The SMILES string of the molecule is C[C@@H]1CC(C)(C)C[C@@]2(C1)NC(=O)N(CC(=O)NCc1nc3ccccc3n1C)C2=O. The number of aryl methyl sites for hydroxylation is 1. The maximum absolute atomic E-state index is 13.2. The zero-order valence-electron chi connectivity index (χ0n) is 18.0. The number of para-hydroxylation sites is 2. The molecule has 1 aromatic heterocycles. The minimum atomic E-state index is -0.893. The fraction of sp³-hybridized carbons (Fsp3) is 0.545. The van der Waals surface area contributed by atoms with Gasteiger partial charge in [-0.25, -0.2) is 9.78 Å². The lowest BCUT2D eigenvalue weighted by Crippen LogP contribution is -2.54. The van der Waals surface area contributed by atoms with Crippen molar-refractivity contribution in [1.82, 2.24) is 25.1 Å². The maximum atomic E-state index is 13.2. The average molecular weight is 412 g/mol. The van der Waals surface area contributed by atoms with E-state index in [-0.39, 0.29) is 30.3 Å². The lowest BCUT2D eigenvalue weighted by Gasteiger charge is -2.43. The second-order valence-corrected chi connectivity index (χ2v) is 9.61. The molecule has 2 atom stereocenters. The molecule has 1 aromatic carbocycles. The number of nitrogens with one attached hydrogen (secondary N) is 2. The minimum Gasteiger partial charge on any atom is -0.347 e. The fourth-order valence-electron chi connectivity index (χ4n) is 5.38. The summed E-state index contributed by atoms with van der Waals surface area (Å²) in [6, 6.07) is 7.25. The number of rotatable bonds is 4. The Morgan fingerprint density at radius 3 is 2.70 bits per heavy atom. The minimum absolute atomic E-state index is 0.0426. The highest BCUT2D eigenvalue weighted by Gasteiger charge is 2.56. The Balaban J connectivity index is 1.42. The summed E-state index contributed by atoms with van der Waals surface area (Å²) in [6.45, 7) is 6.29. The van der Waals surface area contributed by atoms with Crippen molar-refractivity contribution in [3.05, 3.63) is 30.1 Å². The molecule has 4 amide bonds. The van der Waals surface area contributed by atoms with Gasteiger partial charge in [-0.15, -0.1) is 0 Å². The number of carbonyl (C=O) groups excluding carboxylic acids is 3. The van der Waals surface area contributed by atoms with E-state index >= 15 is 0 Å². The number of amides is 4. The van der Waals surface area contributed by atoms with Crippen molar-refractivity contribution in [2.75, 3.05) is 6.54 Å². The summed E-state index contributed by atoms with van der Waals surface area (Å²) in [7, 11) is 1.89. The molecule has 2 heterocycles. The number of imidazole rings is 1. The van der Waals surface area contributed by atoms with Gasteiger partial charge in [0, 0.05) is 7.05 Å². The summed E-state index contributed by atoms with van der Waals surface area (Å²) in [4.78, 5) is 43.8. The molecule has 4 rings (SSSR count). The first-order chi connectivity index (χ1) is 14.1. The van der Waals surface area contributed by atoms with Crippen LogP contribution >= 0.6 is 0 Å². The Morgan fingerprint density at radius 1 is 1.27 bits per heavy atom. The Labute approximate surface area is 176 Å². The van der Waals surface area contributed by atoms with E-state index in [9.17, 15) is 14.4 Å². The molecular formula is C22H29N5O3. The van der Waals surface area contributed by atoms with Gasteiger partial charge in [-0.2, -0.15) is 0 Å². The highest BCUT2D eigenvalue weighted by Crippen LogP contribution is 2.46. The van der Waals surface area contributed by atoms with Gasteiger partial charge in [-0.05, 0) is 42.7 Å². The van der Waals surface area contributed by atoms with E-state index in [0.717, 1.165) is 22.4 Å². The number of hydrogen-bond acceptors (Lipinski definition) is 4. The first-order valence-corrected chi connectivity index (χ1v) is 10.4. The van der Waals surface area contributed by atoms with Gasteiger partial charge in [0.1, 0.15) is 17.9 Å². The standard InChI is InChI=1S/C22H29N5O3/c1-14-9-21(2,3)13-22(10-14)19(29)27(20(30)25-22)12-18(28)23-11-17-24-15-7-5-6-8-16(15)26(17)4/h5-8,14H,9-13H2,1-4H3,(H,23,28)(H,25,30)/t14-,22-/m1/s1. The van der Waals surface area contributed by atoms with Crippen molar-refractivity contribution in [3.63, 3.8) is 0 Å². The molecule has 1 saturated heterocycles. The molecule has 2 aromatic rings. The highest BCUT2D eigenvalue weighted by molar-refractivity contribution is 6.09. The van der Waals surface area contributed by atoms with Gasteiger partial charge < -0.3 is 15.2 Å². The molecule has 8 nitrogen and oxygen atoms in total. The summed E-state index contributed by atoms with van der Waals surface area (Å²) in [5, 5.41) is 5.69. The van der Waals surface area contributed by atoms with Gasteiger partial charge in [0.05, 0.1) is 17.6 Å². The summed E-state index contributed by atoms with van der Waals surface area (Å²) >= 11 is 0. The normalized spacial score (nSPS) is 25.7. The Bertz CT molecular complexity index is 1030. The number of imide groups is 1. The van der Waals surface area contributed by atoms with E-state index in [1.165, 1.54) is 0 Å². The predicted octanol–water partition coefficient (Wildman–Crippen LogP) is 2.33. The summed E-state index contributed by atoms with van der Waals surface area (Å²) in [5.74, 6) is 0.362. The number of hydrogen-bond donors (Lipinski definition) is 2. The number of fused-ring (bicyclic) bond motifs is 1. The van der Waals surface area contributed by atoms with Crippen LogP contribution in [0.1, 0.15) is 45.9 Å². The zero-order valence-corrected chi connectivity index (χ0v) is 18.0.